The van der Waals surface area contributed by atoms with Crippen LogP contribution in [-0.4, -0.2) is 27.0 Å². The van der Waals surface area contributed by atoms with Crippen molar-refractivity contribution in [1.29, 1.82) is 0 Å². The Morgan fingerprint density at radius 1 is 1.26 bits per heavy atom. The molecule has 3 rings (SSSR count). The number of allylic oxidation sites excluding steroid dienone is 1. The third-order valence-corrected chi connectivity index (χ3v) is 6.69. The summed E-state index contributed by atoms with van der Waals surface area (Å²) in [6, 6.07) is 10.1. The second-order valence-corrected chi connectivity index (χ2v) is 8.40. The average molecular weight is 401 g/mol. The van der Waals surface area contributed by atoms with Gasteiger partial charge in [-0.3, -0.25) is 9.36 Å². The number of fused-ring (bicyclic) bond motifs is 1. The molecular weight excluding hydrogens is 376 g/mol. The summed E-state index contributed by atoms with van der Waals surface area (Å²) in [5.41, 5.74) is 2.12. The highest BCUT2D eigenvalue weighted by molar-refractivity contribution is 7.99. The van der Waals surface area contributed by atoms with Crippen LogP contribution >= 0.6 is 23.1 Å². The van der Waals surface area contributed by atoms with Gasteiger partial charge >= 0.3 is 0 Å². The van der Waals surface area contributed by atoms with E-state index in [2.05, 4.69) is 18.7 Å². The van der Waals surface area contributed by atoms with Crippen LogP contribution in [0.25, 0.3) is 20.7 Å². The van der Waals surface area contributed by atoms with Crippen LogP contribution in [-0.2, 0) is 6.54 Å². The molecule has 0 aliphatic carbocycles. The van der Waals surface area contributed by atoms with E-state index in [1.165, 1.54) is 0 Å². The van der Waals surface area contributed by atoms with Crippen LogP contribution in [0.4, 0.5) is 0 Å². The first-order valence-corrected chi connectivity index (χ1v) is 10.9. The van der Waals surface area contributed by atoms with Crippen LogP contribution < -0.4 is 5.56 Å². The van der Waals surface area contributed by atoms with Gasteiger partial charge in [-0.05, 0) is 30.9 Å². The number of benzene rings is 1. The summed E-state index contributed by atoms with van der Waals surface area (Å²) in [7, 11) is 0. The summed E-state index contributed by atoms with van der Waals surface area (Å²) in [6.45, 7) is 6.48. The highest BCUT2D eigenvalue weighted by Crippen LogP contribution is 2.36. The van der Waals surface area contributed by atoms with Crippen LogP contribution in [0.2, 0.25) is 0 Å². The van der Waals surface area contributed by atoms with E-state index in [-0.39, 0.29) is 12.2 Å². The minimum atomic E-state index is 0.00805. The van der Waals surface area contributed by atoms with Gasteiger partial charge in [-0.15, -0.1) is 17.9 Å². The van der Waals surface area contributed by atoms with Crippen molar-refractivity contribution in [3.63, 3.8) is 0 Å². The molecule has 2 aromatic heterocycles. The first-order chi connectivity index (χ1) is 13.2. The van der Waals surface area contributed by atoms with Gasteiger partial charge in [-0.1, -0.05) is 54.6 Å². The third-order valence-electron chi connectivity index (χ3n) is 4.40. The molecule has 142 valence electrons. The third kappa shape index (κ3) is 4.34. The van der Waals surface area contributed by atoms with Crippen molar-refractivity contribution in [3.05, 3.63) is 58.9 Å². The van der Waals surface area contributed by atoms with Gasteiger partial charge in [0.1, 0.15) is 4.83 Å². The topological polar surface area (TPSA) is 55.1 Å². The number of rotatable bonds is 9. The van der Waals surface area contributed by atoms with Crippen molar-refractivity contribution in [1.82, 2.24) is 9.55 Å². The van der Waals surface area contributed by atoms with Crippen molar-refractivity contribution >= 4 is 33.3 Å². The first-order valence-electron chi connectivity index (χ1n) is 9.11. The first kappa shape index (κ1) is 19.9. The minimum Gasteiger partial charge on any atom is -0.396 e. The zero-order valence-corrected chi connectivity index (χ0v) is 17.1. The Bertz CT molecular complexity index is 977. The molecule has 0 aliphatic heterocycles. The Kier molecular flexibility index (Phi) is 6.88. The Labute approximate surface area is 167 Å². The number of thioether (sulfide) groups is 1. The fraction of sp³-hybridized carbons (Fsp3) is 0.333. The van der Waals surface area contributed by atoms with Gasteiger partial charge in [0, 0.05) is 23.8 Å². The molecule has 0 bridgehead atoms. The van der Waals surface area contributed by atoms with E-state index in [1.807, 2.05) is 25.1 Å². The fourth-order valence-electron chi connectivity index (χ4n) is 3.02. The van der Waals surface area contributed by atoms with Crippen LogP contribution in [0, 0.1) is 6.92 Å². The molecule has 1 aromatic carbocycles. The van der Waals surface area contributed by atoms with Gasteiger partial charge in [-0.25, -0.2) is 4.98 Å². The summed E-state index contributed by atoms with van der Waals surface area (Å²) in [5.74, 6) is 0.880. The maximum absolute atomic E-state index is 13.2. The van der Waals surface area contributed by atoms with Gasteiger partial charge in [0.2, 0.25) is 0 Å². The molecule has 2 heterocycles. The number of thiophene rings is 1. The number of aryl methyl sites for hydroxylation is 1. The second kappa shape index (κ2) is 9.35. The molecule has 1 N–H and O–H groups in total. The Morgan fingerprint density at radius 2 is 2.04 bits per heavy atom. The maximum atomic E-state index is 13.2. The molecule has 0 amide bonds. The van der Waals surface area contributed by atoms with Gasteiger partial charge in [0.25, 0.3) is 5.56 Å². The zero-order chi connectivity index (χ0) is 19.2. The molecule has 27 heavy (non-hydrogen) atoms. The predicted octanol–water partition coefficient (Wildman–Crippen LogP) is 4.87. The van der Waals surface area contributed by atoms with Crippen molar-refractivity contribution in [3.8, 4) is 10.4 Å². The summed E-state index contributed by atoms with van der Waals surface area (Å²) >= 11 is 3.19. The predicted molar refractivity (Wildman–Crippen MR) is 116 cm³/mol. The average Bonchev–Trinajstić information content (AvgIpc) is 3.01. The molecule has 0 saturated carbocycles. The molecule has 3 aromatic rings. The summed E-state index contributed by atoms with van der Waals surface area (Å²) in [5, 5.41) is 10.4. The highest BCUT2D eigenvalue weighted by atomic mass is 32.2. The van der Waals surface area contributed by atoms with Crippen LogP contribution in [0.5, 0.6) is 0 Å². The summed E-state index contributed by atoms with van der Waals surface area (Å²) < 4.78 is 1.72. The molecule has 0 radical (unpaired) electrons. The normalized spacial score (nSPS) is 11.2. The van der Waals surface area contributed by atoms with Gasteiger partial charge < -0.3 is 5.11 Å². The molecule has 0 unspecified atom stereocenters. The Balaban J connectivity index is 2.02. The van der Waals surface area contributed by atoms with E-state index in [1.54, 1.807) is 33.7 Å². The van der Waals surface area contributed by atoms with Crippen molar-refractivity contribution in [2.75, 3.05) is 12.4 Å². The Hall–Kier alpha value is -1.89. The summed E-state index contributed by atoms with van der Waals surface area (Å²) in [6.07, 6.45) is 4.53. The number of aliphatic hydroxyl groups is 1. The lowest BCUT2D eigenvalue weighted by atomic mass is 10.1. The quantitative estimate of drug-likeness (QED) is 0.241. The van der Waals surface area contributed by atoms with Crippen LogP contribution in [0.1, 0.15) is 24.8 Å². The van der Waals surface area contributed by atoms with E-state index >= 15 is 0 Å². The van der Waals surface area contributed by atoms with Crippen molar-refractivity contribution < 1.29 is 5.11 Å². The van der Waals surface area contributed by atoms with E-state index in [0.29, 0.717) is 11.9 Å². The lowest BCUT2D eigenvalue weighted by Gasteiger charge is -2.10. The standard InChI is InChI=1S/C21H24N2O2S2/c1-3-12-23-20(25)17-15(2)18(16-10-6-4-7-11-16)27-19(17)22-21(23)26-14-9-5-8-13-24/h3-4,6-7,10-11,24H,1,5,8-9,12-14H2,2H3. The molecule has 0 saturated heterocycles. The number of unbranched alkanes of at least 4 members (excludes halogenated alkanes) is 2. The van der Waals surface area contributed by atoms with Crippen LogP contribution in [0.3, 0.4) is 0 Å². The van der Waals surface area contributed by atoms with Gasteiger partial charge in [0.15, 0.2) is 5.16 Å². The number of aliphatic hydroxyl groups excluding tert-OH is 1. The van der Waals surface area contributed by atoms with Gasteiger partial charge in [0.05, 0.1) is 5.39 Å². The largest absolute Gasteiger partial charge is 0.396 e. The maximum Gasteiger partial charge on any atom is 0.263 e. The monoisotopic (exact) mass is 400 g/mol. The fourth-order valence-corrected chi connectivity index (χ4v) is 5.25. The van der Waals surface area contributed by atoms with Crippen molar-refractivity contribution in [2.24, 2.45) is 0 Å². The van der Waals surface area contributed by atoms with E-state index < -0.39 is 0 Å². The van der Waals surface area contributed by atoms with E-state index in [0.717, 1.165) is 51.0 Å². The summed E-state index contributed by atoms with van der Waals surface area (Å²) in [4.78, 5) is 19.9. The lowest BCUT2D eigenvalue weighted by Crippen LogP contribution is -2.22. The SMILES string of the molecule is C=CCn1c(SCCCCCO)nc2sc(-c3ccccc3)c(C)c2c1=O. The molecule has 0 aliphatic rings. The molecule has 0 fully saturated rings. The number of aromatic nitrogens is 2. The minimum absolute atomic E-state index is 0.00805. The van der Waals surface area contributed by atoms with E-state index in [4.69, 9.17) is 10.1 Å². The number of nitrogens with zero attached hydrogens (tertiary/aromatic N) is 2. The lowest BCUT2D eigenvalue weighted by molar-refractivity contribution is 0.284. The Morgan fingerprint density at radius 3 is 2.74 bits per heavy atom. The highest BCUT2D eigenvalue weighted by Gasteiger charge is 2.18. The van der Waals surface area contributed by atoms with Gasteiger partial charge in [-0.2, -0.15) is 0 Å². The van der Waals surface area contributed by atoms with Crippen LogP contribution in [0.15, 0.2) is 52.9 Å². The number of hydrogen-bond donors (Lipinski definition) is 1. The smallest absolute Gasteiger partial charge is 0.263 e. The zero-order valence-electron chi connectivity index (χ0n) is 15.5. The molecule has 0 spiro atoms. The molecule has 4 nitrogen and oxygen atoms in total. The van der Waals surface area contributed by atoms with Crippen molar-refractivity contribution in [2.45, 2.75) is 37.9 Å². The molecule has 0 atom stereocenters. The molecular formula is C21H24N2O2S2. The van der Waals surface area contributed by atoms with E-state index in [9.17, 15) is 4.79 Å². The molecule has 6 heteroatoms. The number of hydrogen-bond acceptors (Lipinski definition) is 5. The second-order valence-electron chi connectivity index (χ2n) is 6.33.